The highest BCUT2D eigenvalue weighted by molar-refractivity contribution is 9.10. The average Bonchev–Trinajstić information content (AvgIpc) is 2.85. The molecule has 0 aliphatic carbocycles. The molecule has 0 aliphatic heterocycles. The van der Waals surface area contributed by atoms with Gasteiger partial charge < -0.3 is 5.32 Å². The van der Waals surface area contributed by atoms with Crippen molar-refractivity contribution in [1.29, 1.82) is 0 Å². The minimum absolute atomic E-state index is 0.0722. The van der Waals surface area contributed by atoms with E-state index in [4.69, 9.17) is 0 Å². The van der Waals surface area contributed by atoms with E-state index in [9.17, 15) is 4.39 Å². The van der Waals surface area contributed by atoms with Crippen LogP contribution in [0.2, 0.25) is 0 Å². The quantitative estimate of drug-likeness (QED) is 0.886. The van der Waals surface area contributed by atoms with Crippen molar-refractivity contribution in [2.24, 2.45) is 0 Å². The van der Waals surface area contributed by atoms with Crippen LogP contribution >= 0.6 is 15.9 Å². The van der Waals surface area contributed by atoms with Gasteiger partial charge in [0, 0.05) is 12.2 Å². The molecular weight excluding hydrogens is 321 g/mol. The number of aromatic nitrogens is 2. The molecule has 1 aromatic carbocycles. The molecule has 1 unspecified atom stereocenters. The highest BCUT2D eigenvalue weighted by Gasteiger charge is 2.15. The fourth-order valence-corrected chi connectivity index (χ4v) is 2.42. The van der Waals surface area contributed by atoms with Crippen LogP contribution in [0.1, 0.15) is 37.4 Å². The Labute approximate surface area is 127 Å². The van der Waals surface area contributed by atoms with Crippen molar-refractivity contribution in [2.75, 3.05) is 6.54 Å². The summed E-state index contributed by atoms with van der Waals surface area (Å²) in [6, 6.07) is 3.52. The highest BCUT2D eigenvalue weighted by Crippen LogP contribution is 2.25. The first kappa shape index (κ1) is 15.2. The number of hydrogen-bond donors (Lipinski definition) is 1. The Balaban J connectivity index is 2.45. The van der Waals surface area contributed by atoms with Gasteiger partial charge in [-0.1, -0.05) is 6.92 Å². The summed E-state index contributed by atoms with van der Waals surface area (Å²) in [6.45, 7) is 6.83. The van der Waals surface area contributed by atoms with Crippen molar-refractivity contribution in [2.45, 2.75) is 33.2 Å². The van der Waals surface area contributed by atoms with Crippen LogP contribution < -0.4 is 5.32 Å². The molecule has 0 bridgehead atoms. The summed E-state index contributed by atoms with van der Waals surface area (Å²) in [5, 5.41) is 7.69. The fraction of sp³-hybridized carbons (Fsp3) is 0.400. The molecule has 0 aliphatic rings. The predicted octanol–water partition coefficient (Wildman–Crippen LogP) is 4.14. The summed E-state index contributed by atoms with van der Waals surface area (Å²) in [4.78, 5) is 0. The van der Waals surface area contributed by atoms with Gasteiger partial charge in [-0.05, 0) is 66.0 Å². The van der Waals surface area contributed by atoms with E-state index in [1.807, 2.05) is 19.2 Å². The molecule has 1 atom stereocenters. The molecule has 108 valence electrons. The maximum atomic E-state index is 13.9. The van der Waals surface area contributed by atoms with Gasteiger partial charge in [0.1, 0.15) is 5.82 Å². The summed E-state index contributed by atoms with van der Waals surface area (Å²) >= 11 is 3.39. The van der Waals surface area contributed by atoms with Gasteiger partial charge in [-0.15, -0.1) is 0 Å². The Kier molecular flexibility index (Phi) is 4.94. The zero-order valence-electron chi connectivity index (χ0n) is 12.0. The maximum absolute atomic E-state index is 13.9. The van der Waals surface area contributed by atoms with Gasteiger partial charge in [-0.3, -0.25) is 0 Å². The lowest BCUT2D eigenvalue weighted by atomic mass is 10.0. The molecule has 1 heterocycles. The van der Waals surface area contributed by atoms with Crippen LogP contribution in [0.5, 0.6) is 0 Å². The standard InChI is InChI=1S/C15H19BrFN3/c1-4-5-18-11(3)13-7-14(17)10(2)6-15(13)20-9-12(16)8-19-20/h6-9,11,18H,4-5H2,1-3H3. The molecule has 2 rings (SSSR count). The normalized spacial score (nSPS) is 12.7. The van der Waals surface area contributed by atoms with E-state index in [1.54, 1.807) is 23.9 Å². The fourth-order valence-electron chi connectivity index (χ4n) is 2.13. The van der Waals surface area contributed by atoms with Gasteiger partial charge >= 0.3 is 0 Å². The topological polar surface area (TPSA) is 29.9 Å². The zero-order chi connectivity index (χ0) is 14.7. The number of rotatable bonds is 5. The molecular formula is C15H19BrFN3. The predicted molar refractivity (Wildman–Crippen MR) is 82.7 cm³/mol. The monoisotopic (exact) mass is 339 g/mol. The minimum Gasteiger partial charge on any atom is -0.310 e. The third-order valence-electron chi connectivity index (χ3n) is 3.27. The molecule has 0 radical (unpaired) electrons. The van der Waals surface area contributed by atoms with E-state index >= 15 is 0 Å². The van der Waals surface area contributed by atoms with Gasteiger partial charge in [0.25, 0.3) is 0 Å². The van der Waals surface area contributed by atoms with Gasteiger partial charge in [0.2, 0.25) is 0 Å². The number of aryl methyl sites for hydroxylation is 1. The number of hydrogen-bond acceptors (Lipinski definition) is 2. The van der Waals surface area contributed by atoms with E-state index in [-0.39, 0.29) is 11.9 Å². The second kappa shape index (κ2) is 6.50. The molecule has 0 saturated heterocycles. The molecule has 1 aromatic heterocycles. The van der Waals surface area contributed by atoms with Crippen molar-refractivity contribution in [3.05, 3.63) is 45.9 Å². The lowest BCUT2D eigenvalue weighted by Crippen LogP contribution is -2.21. The van der Waals surface area contributed by atoms with Crippen molar-refractivity contribution < 1.29 is 4.39 Å². The van der Waals surface area contributed by atoms with E-state index in [0.717, 1.165) is 28.7 Å². The lowest BCUT2D eigenvalue weighted by molar-refractivity contribution is 0.556. The van der Waals surface area contributed by atoms with Gasteiger partial charge in [-0.25, -0.2) is 9.07 Å². The second-order valence-corrected chi connectivity index (χ2v) is 5.85. The summed E-state index contributed by atoms with van der Waals surface area (Å²) in [5.41, 5.74) is 2.45. The van der Waals surface area contributed by atoms with Gasteiger partial charge in [0.05, 0.1) is 16.4 Å². The molecule has 0 fully saturated rings. The number of halogens is 2. The van der Waals surface area contributed by atoms with E-state index in [2.05, 4.69) is 33.3 Å². The Hall–Kier alpha value is -1.20. The van der Waals surface area contributed by atoms with Gasteiger partial charge in [-0.2, -0.15) is 5.10 Å². The number of nitrogens with zero attached hydrogens (tertiary/aromatic N) is 2. The number of benzene rings is 1. The van der Waals surface area contributed by atoms with Crippen LogP contribution in [0.15, 0.2) is 29.0 Å². The Morgan fingerprint density at radius 3 is 2.80 bits per heavy atom. The minimum atomic E-state index is -0.180. The van der Waals surface area contributed by atoms with Crippen LogP contribution in [-0.4, -0.2) is 16.3 Å². The third kappa shape index (κ3) is 3.27. The first-order chi connectivity index (χ1) is 9.52. The Bertz CT molecular complexity index is 595. The Morgan fingerprint density at radius 1 is 1.45 bits per heavy atom. The largest absolute Gasteiger partial charge is 0.310 e. The summed E-state index contributed by atoms with van der Waals surface area (Å²) in [5.74, 6) is -0.180. The van der Waals surface area contributed by atoms with Crippen LogP contribution in [0.3, 0.4) is 0 Å². The van der Waals surface area contributed by atoms with Crippen molar-refractivity contribution in [3.63, 3.8) is 0 Å². The SMILES string of the molecule is CCCNC(C)c1cc(F)c(C)cc1-n1cc(Br)cn1. The molecule has 5 heteroatoms. The molecule has 2 aromatic rings. The molecule has 0 spiro atoms. The molecule has 0 amide bonds. The first-order valence-electron chi connectivity index (χ1n) is 6.77. The lowest BCUT2D eigenvalue weighted by Gasteiger charge is -2.19. The Morgan fingerprint density at radius 2 is 2.20 bits per heavy atom. The number of nitrogens with one attached hydrogen (secondary N) is 1. The van der Waals surface area contributed by atoms with Crippen LogP contribution in [0.4, 0.5) is 4.39 Å². The van der Waals surface area contributed by atoms with Crippen molar-refractivity contribution in [3.8, 4) is 5.69 Å². The molecule has 1 N–H and O–H groups in total. The smallest absolute Gasteiger partial charge is 0.126 e. The van der Waals surface area contributed by atoms with E-state index in [0.29, 0.717) is 5.56 Å². The highest BCUT2D eigenvalue weighted by atomic mass is 79.9. The van der Waals surface area contributed by atoms with Crippen molar-refractivity contribution >= 4 is 15.9 Å². The molecule has 0 saturated carbocycles. The second-order valence-electron chi connectivity index (χ2n) is 4.94. The van der Waals surface area contributed by atoms with Crippen LogP contribution in [0.25, 0.3) is 5.69 Å². The molecule has 20 heavy (non-hydrogen) atoms. The first-order valence-corrected chi connectivity index (χ1v) is 7.56. The molecule has 3 nitrogen and oxygen atoms in total. The maximum Gasteiger partial charge on any atom is 0.126 e. The van der Waals surface area contributed by atoms with Gasteiger partial charge in [0.15, 0.2) is 0 Å². The van der Waals surface area contributed by atoms with Crippen LogP contribution in [0, 0.1) is 12.7 Å². The van der Waals surface area contributed by atoms with E-state index in [1.165, 1.54) is 0 Å². The van der Waals surface area contributed by atoms with Crippen molar-refractivity contribution in [1.82, 2.24) is 15.1 Å². The average molecular weight is 340 g/mol. The third-order valence-corrected chi connectivity index (χ3v) is 3.68. The summed E-state index contributed by atoms with van der Waals surface area (Å²) < 4.78 is 16.6. The van der Waals surface area contributed by atoms with Crippen LogP contribution in [-0.2, 0) is 0 Å². The van der Waals surface area contributed by atoms with E-state index < -0.39 is 0 Å². The zero-order valence-corrected chi connectivity index (χ0v) is 13.5. The summed E-state index contributed by atoms with van der Waals surface area (Å²) in [6.07, 6.45) is 4.65. The summed E-state index contributed by atoms with van der Waals surface area (Å²) in [7, 11) is 0.